The molecule has 4 unspecified atom stereocenters. The lowest BCUT2D eigenvalue weighted by atomic mass is 9.54. The Kier molecular flexibility index (Phi) is 4.20. The predicted octanol–water partition coefficient (Wildman–Crippen LogP) is 3.33. The standard InChI is InChI=1S/C18H21NO4/c1-23-16(20)11-12-18(19(21)22)15-9-7-14(8-10-15)17(18)13-5-3-2-4-6-13/h2-7,9,14-15,17H,8,10-12H2,1H3. The molecule has 0 aromatic heterocycles. The SMILES string of the molecule is COC(=O)CCC1([N+](=O)[O-])C2C=CC(CC2)C1c1ccccc1. The number of ether oxygens (including phenoxy) is 1. The fourth-order valence-corrected chi connectivity index (χ4v) is 4.42. The molecule has 4 rings (SSSR count). The topological polar surface area (TPSA) is 69.4 Å². The number of nitro groups is 1. The van der Waals surface area contributed by atoms with Crippen LogP contribution in [0.5, 0.6) is 0 Å². The maximum Gasteiger partial charge on any atom is 0.305 e. The van der Waals surface area contributed by atoms with Crippen LogP contribution >= 0.6 is 0 Å². The zero-order valence-electron chi connectivity index (χ0n) is 13.2. The minimum Gasteiger partial charge on any atom is -0.469 e. The van der Waals surface area contributed by atoms with Gasteiger partial charge in [0.1, 0.15) is 0 Å². The first-order valence-electron chi connectivity index (χ1n) is 8.04. The zero-order valence-corrected chi connectivity index (χ0v) is 13.2. The number of methoxy groups -OCH3 is 1. The smallest absolute Gasteiger partial charge is 0.305 e. The molecule has 5 heteroatoms. The molecule has 0 radical (unpaired) electrons. The molecule has 0 N–H and O–H groups in total. The van der Waals surface area contributed by atoms with Crippen LogP contribution < -0.4 is 0 Å². The van der Waals surface area contributed by atoms with Crippen molar-refractivity contribution in [2.24, 2.45) is 11.8 Å². The van der Waals surface area contributed by atoms with Gasteiger partial charge in [-0.05, 0) is 24.3 Å². The van der Waals surface area contributed by atoms with E-state index >= 15 is 0 Å². The first kappa shape index (κ1) is 15.7. The van der Waals surface area contributed by atoms with Crippen molar-refractivity contribution in [3.8, 4) is 0 Å². The summed E-state index contributed by atoms with van der Waals surface area (Å²) >= 11 is 0. The zero-order chi connectivity index (χ0) is 16.4. The lowest BCUT2D eigenvalue weighted by Gasteiger charge is -2.48. The van der Waals surface area contributed by atoms with Gasteiger partial charge in [0.05, 0.1) is 19.4 Å². The minimum absolute atomic E-state index is 0.0812. The van der Waals surface area contributed by atoms with Gasteiger partial charge in [-0.2, -0.15) is 0 Å². The molecule has 3 aliphatic rings. The van der Waals surface area contributed by atoms with Crippen molar-refractivity contribution in [3.05, 3.63) is 58.2 Å². The van der Waals surface area contributed by atoms with Gasteiger partial charge in [0.25, 0.3) is 0 Å². The van der Waals surface area contributed by atoms with Crippen LogP contribution in [0.25, 0.3) is 0 Å². The lowest BCUT2D eigenvalue weighted by Crippen LogP contribution is -2.57. The van der Waals surface area contributed by atoms with Gasteiger partial charge in [-0.25, -0.2) is 0 Å². The molecular weight excluding hydrogens is 294 g/mol. The van der Waals surface area contributed by atoms with E-state index in [4.69, 9.17) is 4.74 Å². The second kappa shape index (κ2) is 6.14. The first-order valence-corrected chi connectivity index (χ1v) is 8.04. The van der Waals surface area contributed by atoms with E-state index in [0.717, 1.165) is 18.4 Å². The number of benzene rings is 1. The number of nitrogens with zero attached hydrogens (tertiary/aromatic N) is 1. The summed E-state index contributed by atoms with van der Waals surface area (Å²) in [6.45, 7) is 0. The average molecular weight is 315 g/mol. The number of carbonyl (C=O) groups excluding carboxylic acids is 1. The summed E-state index contributed by atoms with van der Waals surface area (Å²) in [6, 6.07) is 9.70. The number of fused-ring (bicyclic) bond motifs is 2. The largest absolute Gasteiger partial charge is 0.469 e. The van der Waals surface area contributed by atoms with E-state index in [1.165, 1.54) is 7.11 Å². The van der Waals surface area contributed by atoms with Gasteiger partial charge in [0, 0.05) is 17.3 Å². The summed E-state index contributed by atoms with van der Waals surface area (Å²) in [6.07, 6.45) is 6.20. The van der Waals surface area contributed by atoms with E-state index in [1.807, 2.05) is 36.4 Å². The highest BCUT2D eigenvalue weighted by Gasteiger charge is 2.61. The highest BCUT2D eigenvalue weighted by atomic mass is 16.6. The molecule has 1 aromatic carbocycles. The van der Waals surface area contributed by atoms with Gasteiger partial charge < -0.3 is 4.74 Å². The Balaban J connectivity index is 2.04. The van der Waals surface area contributed by atoms with Gasteiger partial charge in [-0.15, -0.1) is 0 Å². The molecule has 1 aromatic rings. The molecule has 0 spiro atoms. The van der Waals surface area contributed by atoms with E-state index in [-0.39, 0.29) is 41.5 Å². The number of carbonyl (C=O) groups is 1. The highest BCUT2D eigenvalue weighted by molar-refractivity contribution is 5.69. The Labute approximate surface area is 135 Å². The van der Waals surface area contributed by atoms with Crippen LogP contribution in [-0.4, -0.2) is 23.5 Å². The Morgan fingerprint density at radius 3 is 2.61 bits per heavy atom. The summed E-state index contributed by atoms with van der Waals surface area (Å²) in [7, 11) is 1.32. The molecule has 2 bridgehead atoms. The molecule has 4 atom stereocenters. The molecule has 0 saturated heterocycles. The number of allylic oxidation sites excluding steroid dienone is 1. The summed E-state index contributed by atoms with van der Waals surface area (Å²) in [5.74, 6) is -0.543. The van der Waals surface area contributed by atoms with Crippen LogP contribution in [-0.2, 0) is 9.53 Å². The molecule has 0 heterocycles. The average Bonchev–Trinajstić information content (AvgIpc) is 2.60. The monoisotopic (exact) mass is 315 g/mol. The van der Waals surface area contributed by atoms with Crippen LogP contribution in [0.3, 0.4) is 0 Å². The first-order chi connectivity index (χ1) is 11.1. The Bertz CT molecular complexity index is 627. The van der Waals surface area contributed by atoms with Crippen LogP contribution in [0.2, 0.25) is 0 Å². The van der Waals surface area contributed by atoms with Crippen molar-refractivity contribution < 1.29 is 14.5 Å². The van der Waals surface area contributed by atoms with E-state index in [2.05, 4.69) is 6.08 Å². The Morgan fingerprint density at radius 2 is 2.04 bits per heavy atom. The predicted molar refractivity (Wildman–Crippen MR) is 85.5 cm³/mol. The number of hydrogen-bond acceptors (Lipinski definition) is 4. The Hall–Kier alpha value is -2.17. The third-order valence-electron chi connectivity index (χ3n) is 5.47. The molecule has 1 fully saturated rings. The number of rotatable bonds is 5. The van der Waals surface area contributed by atoms with E-state index in [0.29, 0.717) is 0 Å². The summed E-state index contributed by atoms with van der Waals surface area (Å²) in [5.41, 5.74) is -0.124. The normalized spacial score (nSPS) is 31.8. The third kappa shape index (κ3) is 2.54. The quantitative estimate of drug-likeness (QED) is 0.362. The summed E-state index contributed by atoms with van der Waals surface area (Å²) in [5, 5.41) is 12.2. The molecule has 3 aliphatic carbocycles. The van der Waals surface area contributed by atoms with Crippen molar-refractivity contribution in [1.29, 1.82) is 0 Å². The molecule has 122 valence electrons. The van der Waals surface area contributed by atoms with E-state index < -0.39 is 5.54 Å². The minimum atomic E-state index is -1.12. The van der Waals surface area contributed by atoms with E-state index in [9.17, 15) is 14.9 Å². The van der Waals surface area contributed by atoms with Crippen molar-refractivity contribution >= 4 is 5.97 Å². The molecule has 0 amide bonds. The van der Waals surface area contributed by atoms with Gasteiger partial charge in [0.15, 0.2) is 0 Å². The third-order valence-corrected chi connectivity index (χ3v) is 5.47. The van der Waals surface area contributed by atoms with Gasteiger partial charge in [-0.1, -0.05) is 42.5 Å². The number of esters is 1. The highest BCUT2D eigenvalue weighted by Crippen LogP contribution is 2.55. The van der Waals surface area contributed by atoms with Crippen molar-refractivity contribution in [2.75, 3.05) is 7.11 Å². The fourth-order valence-electron chi connectivity index (χ4n) is 4.42. The van der Waals surface area contributed by atoms with Crippen molar-refractivity contribution in [1.82, 2.24) is 0 Å². The van der Waals surface area contributed by atoms with Crippen LogP contribution in [0.1, 0.15) is 37.2 Å². The van der Waals surface area contributed by atoms with Gasteiger partial charge >= 0.3 is 5.97 Å². The molecule has 23 heavy (non-hydrogen) atoms. The van der Waals surface area contributed by atoms with Crippen LogP contribution in [0.4, 0.5) is 0 Å². The van der Waals surface area contributed by atoms with Gasteiger partial charge in [0.2, 0.25) is 5.54 Å². The molecule has 5 nitrogen and oxygen atoms in total. The maximum absolute atomic E-state index is 12.2. The van der Waals surface area contributed by atoms with Crippen LogP contribution in [0.15, 0.2) is 42.5 Å². The number of hydrogen-bond donors (Lipinski definition) is 0. The molecule has 1 saturated carbocycles. The second-order valence-corrected chi connectivity index (χ2v) is 6.45. The molecular formula is C18H21NO4. The summed E-state index contributed by atoms with van der Waals surface area (Å²) in [4.78, 5) is 23.6. The molecule has 0 aliphatic heterocycles. The lowest BCUT2D eigenvalue weighted by molar-refractivity contribution is -0.590. The second-order valence-electron chi connectivity index (χ2n) is 6.45. The van der Waals surface area contributed by atoms with Crippen LogP contribution in [0, 0.1) is 22.0 Å². The maximum atomic E-state index is 12.2. The van der Waals surface area contributed by atoms with Crippen molar-refractivity contribution in [2.45, 2.75) is 37.1 Å². The summed E-state index contributed by atoms with van der Waals surface area (Å²) < 4.78 is 4.71. The van der Waals surface area contributed by atoms with Gasteiger partial charge in [-0.3, -0.25) is 14.9 Å². The van der Waals surface area contributed by atoms with E-state index in [1.54, 1.807) is 0 Å². The Morgan fingerprint density at radius 1 is 1.30 bits per heavy atom. The van der Waals surface area contributed by atoms with Crippen molar-refractivity contribution in [3.63, 3.8) is 0 Å². The fraction of sp³-hybridized carbons (Fsp3) is 0.500.